The normalized spacial score (nSPS) is 12.7. The average Bonchev–Trinajstić information content (AvgIpc) is 2.83. The lowest BCUT2D eigenvalue weighted by Gasteiger charge is -2.11. The van der Waals surface area contributed by atoms with Crippen LogP contribution in [0.25, 0.3) is 10.9 Å². The Morgan fingerprint density at radius 2 is 2.20 bits per heavy atom. The van der Waals surface area contributed by atoms with Gasteiger partial charge in [-0.3, -0.25) is 4.79 Å². The van der Waals surface area contributed by atoms with Gasteiger partial charge in [-0.15, -0.1) is 0 Å². The minimum absolute atomic E-state index is 0.160. The molecule has 4 nitrogen and oxygen atoms in total. The van der Waals surface area contributed by atoms with Crippen LogP contribution in [0, 0.1) is 5.92 Å². The fraction of sp³-hybridized carbons (Fsp3) is 0.438. The van der Waals surface area contributed by atoms with E-state index in [2.05, 4.69) is 41.1 Å². The van der Waals surface area contributed by atoms with Crippen molar-refractivity contribution >= 4 is 16.8 Å². The highest BCUT2D eigenvalue weighted by Crippen LogP contribution is 2.21. The molecular formula is C16H23N3O. The van der Waals surface area contributed by atoms with Crippen LogP contribution in [-0.2, 0) is 17.9 Å². The molecule has 0 aliphatic carbocycles. The second-order valence-electron chi connectivity index (χ2n) is 5.30. The molecule has 2 rings (SSSR count). The second kappa shape index (κ2) is 6.57. The molecule has 1 aromatic carbocycles. The zero-order valence-electron chi connectivity index (χ0n) is 12.2. The summed E-state index contributed by atoms with van der Waals surface area (Å²) in [6.07, 6.45) is 3.17. The van der Waals surface area contributed by atoms with Crippen molar-refractivity contribution in [3.05, 3.63) is 36.0 Å². The van der Waals surface area contributed by atoms with Gasteiger partial charge in [-0.1, -0.05) is 26.0 Å². The summed E-state index contributed by atoms with van der Waals surface area (Å²) >= 11 is 0. The Hall–Kier alpha value is -1.81. The van der Waals surface area contributed by atoms with Gasteiger partial charge in [0.15, 0.2) is 0 Å². The first-order chi connectivity index (χ1) is 9.63. The predicted octanol–water partition coefficient (Wildman–Crippen LogP) is 2.26. The van der Waals surface area contributed by atoms with E-state index in [1.807, 2.05) is 13.1 Å². The first-order valence-corrected chi connectivity index (χ1v) is 7.20. The molecule has 0 saturated heterocycles. The summed E-state index contributed by atoms with van der Waals surface area (Å²) in [5, 5.41) is 4.67. The van der Waals surface area contributed by atoms with E-state index >= 15 is 0 Å². The summed E-state index contributed by atoms with van der Waals surface area (Å²) < 4.78 is 2.11. The predicted molar refractivity (Wildman–Crippen MR) is 82.3 cm³/mol. The van der Waals surface area contributed by atoms with Gasteiger partial charge in [0.05, 0.1) is 5.92 Å². The van der Waals surface area contributed by atoms with E-state index in [4.69, 9.17) is 5.73 Å². The van der Waals surface area contributed by atoms with Crippen LogP contribution >= 0.6 is 0 Å². The largest absolute Gasteiger partial charge is 0.369 e. The van der Waals surface area contributed by atoms with Crippen LogP contribution < -0.4 is 11.1 Å². The summed E-state index contributed by atoms with van der Waals surface area (Å²) in [6.45, 7) is 6.55. The summed E-state index contributed by atoms with van der Waals surface area (Å²) in [7, 11) is 0. The molecule has 2 aromatic rings. The van der Waals surface area contributed by atoms with Crippen molar-refractivity contribution in [1.29, 1.82) is 0 Å². The van der Waals surface area contributed by atoms with Crippen molar-refractivity contribution in [2.24, 2.45) is 11.7 Å². The standard InChI is InChI=1S/C16H23N3O/c1-3-8-18-10-13-5-4-6-15-14(13)7-9-19(15)11-12(2)16(17)20/h4-7,9,12,18H,3,8,10-11H2,1-2H3,(H2,17,20). The van der Waals surface area contributed by atoms with Crippen molar-refractivity contribution in [2.45, 2.75) is 33.4 Å². The minimum Gasteiger partial charge on any atom is -0.369 e. The molecule has 1 unspecified atom stereocenters. The molecule has 4 heteroatoms. The van der Waals surface area contributed by atoms with Gasteiger partial charge in [0, 0.05) is 30.2 Å². The third-order valence-corrected chi connectivity index (χ3v) is 3.60. The Bertz CT molecular complexity index is 588. The summed E-state index contributed by atoms with van der Waals surface area (Å²) in [5.41, 5.74) is 7.80. The minimum atomic E-state index is -0.257. The smallest absolute Gasteiger partial charge is 0.222 e. The van der Waals surface area contributed by atoms with Gasteiger partial charge >= 0.3 is 0 Å². The summed E-state index contributed by atoms with van der Waals surface area (Å²) in [5.74, 6) is -0.417. The van der Waals surface area contributed by atoms with E-state index in [1.165, 1.54) is 10.9 Å². The Kier molecular flexibility index (Phi) is 4.79. The van der Waals surface area contributed by atoms with E-state index in [1.54, 1.807) is 0 Å². The lowest BCUT2D eigenvalue weighted by atomic mass is 10.1. The van der Waals surface area contributed by atoms with Crippen LogP contribution in [0.3, 0.4) is 0 Å². The quantitative estimate of drug-likeness (QED) is 0.760. The number of carbonyl (C=O) groups excluding carboxylic acids is 1. The lowest BCUT2D eigenvalue weighted by Crippen LogP contribution is -2.24. The maximum Gasteiger partial charge on any atom is 0.222 e. The van der Waals surface area contributed by atoms with E-state index in [9.17, 15) is 4.79 Å². The van der Waals surface area contributed by atoms with Crippen LogP contribution in [0.15, 0.2) is 30.5 Å². The summed E-state index contributed by atoms with van der Waals surface area (Å²) in [6, 6.07) is 8.42. The number of nitrogens with one attached hydrogen (secondary N) is 1. The van der Waals surface area contributed by atoms with Gasteiger partial charge in [-0.2, -0.15) is 0 Å². The van der Waals surface area contributed by atoms with Crippen molar-refractivity contribution in [1.82, 2.24) is 9.88 Å². The van der Waals surface area contributed by atoms with Gasteiger partial charge in [0.2, 0.25) is 5.91 Å². The zero-order valence-corrected chi connectivity index (χ0v) is 12.2. The molecule has 0 fully saturated rings. The van der Waals surface area contributed by atoms with Gasteiger partial charge in [-0.25, -0.2) is 0 Å². The molecule has 0 bridgehead atoms. The lowest BCUT2D eigenvalue weighted by molar-refractivity contribution is -0.121. The number of primary amides is 1. The van der Waals surface area contributed by atoms with E-state index < -0.39 is 0 Å². The Labute approximate surface area is 120 Å². The molecular weight excluding hydrogens is 250 g/mol. The average molecular weight is 273 g/mol. The Morgan fingerprint density at radius 1 is 1.40 bits per heavy atom. The number of nitrogens with zero attached hydrogens (tertiary/aromatic N) is 1. The fourth-order valence-corrected chi connectivity index (χ4v) is 2.39. The van der Waals surface area contributed by atoms with Gasteiger partial charge in [0.25, 0.3) is 0 Å². The summed E-state index contributed by atoms with van der Waals surface area (Å²) in [4.78, 5) is 11.2. The fourth-order valence-electron chi connectivity index (χ4n) is 2.39. The molecule has 0 aliphatic rings. The number of rotatable bonds is 7. The number of benzene rings is 1. The topological polar surface area (TPSA) is 60.1 Å². The first-order valence-electron chi connectivity index (χ1n) is 7.20. The Balaban J connectivity index is 2.23. The molecule has 1 heterocycles. The molecule has 108 valence electrons. The number of aromatic nitrogens is 1. The van der Waals surface area contributed by atoms with E-state index in [0.29, 0.717) is 6.54 Å². The highest BCUT2D eigenvalue weighted by Gasteiger charge is 2.12. The number of hydrogen-bond acceptors (Lipinski definition) is 2. The number of hydrogen-bond donors (Lipinski definition) is 2. The maximum atomic E-state index is 11.2. The molecule has 20 heavy (non-hydrogen) atoms. The first kappa shape index (κ1) is 14.6. The molecule has 0 saturated carbocycles. The molecule has 3 N–H and O–H groups in total. The molecule has 1 amide bonds. The molecule has 0 radical (unpaired) electrons. The van der Waals surface area contributed by atoms with Crippen LogP contribution in [0.1, 0.15) is 25.8 Å². The highest BCUT2D eigenvalue weighted by molar-refractivity contribution is 5.84. The number of amides is 1. The number of carbonyl (C=O) groups is 1. The highest BCUT2D eigenvalue weighted by atomic mass is 16.1. The maximum absolute atomic E-state index is 11.2. The van der Waals surface area contributed by atoms with Crippen molar-refractivity contribution < 1.29 is 4.79 Å². The van der Waals surface area contributed by atoms with Crippen molar-refractivity contribution in [3.8, 4) is 0 Å². The monoisotopic (exact) mass is 273 g/mol. The molecule has 0 aliphatic heterocycles. The van der Waals surface area contributed by atoms with Crippen molar-refractivity contribution in [2.75, 3.05) is 6.54 Å². The van der Waals surface area contributed by atoms with Gasteiger partial charge in [-0.05, 0) is 30.7 Å². The van der Waals surface area contributed by atoms with Crippen LogP contribution in [0.4, 0.5) is 0 Å². The number of fused-ring (bicyclic) bond motifs is 1. The van der Waals surface area contributed by atoms with Crippen molar-refractivity contribution in [3.63, 3.8) is 0 Å². The third-order valence-electron chi connectivity index (χ3n) is 3.60. The van der Waals surface area contributed by atoms with Gasteiger partial charge in [0.1, 0.15) is 0 Å². The van der Waals surface area contributed by atoms with Crippen LogP contribution in [0.2, 0.25) is 0 Å². The van der Waals surface area contributed by atoms with Crippen LogP contribution in [-0.4, -0.2) is 17.0 Å². The second-order valence-corrected chi connectivity index (χ2v) is 5.30. The van der Waals surface area contributed by atoms with Crippen LogP contribution in [0.5, 0.6) is 0 Å². The Morgan fingerprint density at radius 3 is 2.90 bits per heavy atom. The SMILES string of the molecule is CCCNCc1cccc2c1ccn2CC(C)C(N)=O. The van der Waals surface area contributed by atoms with E-state index in [-0.39, 0.29) is 11.8 Å². The number of nitrogens with two attached hydrogens (primary N) is 1. The molecule has 0 spiro atoms. The molecule has 1 aromatic heterocycles. The van der Waals surface area contributed by atoms with E-state index in [0.717, 1.165) is 25.0 Å². The zero-order chi connectivity index (χ0) is 14.5. The third kappa shape index (κ3) is 3.20. The van der Waals surface area contributed by atoms with Gasteiger partial charge < -0.3 is 15.6 Å². The molecule has 1 atom stereocenters.